The van der Waals surface area contributed by atoms with Gasteiger partial charge in [0.15, 0.2) is 5.82 Å². The minimum Gasteiger partial charge on any atom is -0.485 e. The zero-order valence-electron chi connectivity index (χ0n) is 23.4. The maximum atomic E-state index is 14.0. The predicted octanol–water partition coefficient (Wildman–Crippen LogP) is 4.82. The Morgan fingerprint density at radius 2 is 2.02 bits per heavy atom. The van der Waals surface area contributed by atoms with Crippen LogP contribution in [0.2, 0.25) is 5.02 Å². The molecule has 1 fully saturated rings. The van der Waals surface area contributed by atoms with E-state index in [1.165, 1.54) is 33.7 Å². The molecular weight excluding hydrogens is 570 g/mol. The molecule has 3 aromatic heterocycles. The number of hydrogen-bond donors (Lipinski definition) is 1. The largest absolute Gasteiger partial charge is 0.485 e. The average molecular weight is 601 g/mol. The number of rotatable bonds is 8. The molecule has 0 spiro atoms. The molecule has 1 saturated heterocycles. The summed E-state index contributed by atoms with van der Waals surface area (Å²) in [5.41, 5.74) is 0.602. The number of pyridine rings is 3. The molecule has 0 bridgehead atoms. The summed E-state index contributed by atoms with van der Waals surface area (Å²) in [6.45, 7) is 5.73. The van der Waals surface area contributed by atoms with Crippen molar-refractivity contribution in [2.24, 2.45) is 4.99 Å². The second-order valence-electron chi connectivity index (χ2n) is 9.89. The highest BCUT2D eigenvalue weighted by atomic mass is 35.5. The van der Waals surface area contributed by atoms with E-state index in [0.29, 0.717) is 36.1 Å². The molecule has 0 unspecified atom stereocenters. The lowest BCUT2D eigenvalue weighted by Crippen LogP contribution is -2.31. The van der Waals surface area contributed by atoms with Crippen molar-refractivity contribution in [2.45, 2.75) is 52.2 Å². The van der Waals surface area contributed by atoms with E-state index in [-0.39, 0.29) is 40.4 Å². The normalized spacial score (nSPS) is 15.8. The Labute approximate surface area is 246 Å². The third-order valence-corrected chi connectivity index (χ3v) is 7.26. The Kier molecular flexibility index (Phi) is 10.2. The lowest BCUT2D eigenvalue weighted by molar-refractivity contribution is 0.0850. The van der Waals surface area contributed by atoms with Gasteiger partial charge in [0.1, 0.15) is 34.7 Å². The van der Waals surface area contributed by atoms with E-state index in [1.54, 1.807) is 39.1 Å². The number of hydrogen-bond acceptors (Lipinski definition) is 7. The van der Waals surface area contributed by atoms with Gasteiger partial charge < -0.3 is 14.6 Å². The first kappa shape index (κ1) is 31.0. The zero-order valence-corrected chi connectivity index (χ0v) is 24.1. The van der Waals surface area contributed by atoms with Crippen LogP contribution in [0.5, 0.6) is 5.75 Å². The second kappa shape index (κ2) is 13.8. The van der Waals surface area contributed by atoms with Gasteiger partial charge in [-0.25, -0.2) is 13.8 Å². The number of allylic oxidation sites excluding steroid dienone is 1. The number of aromatic nitrogens is 3. The van der Waals surface area contributed by atoms with Crippen LogP contribution in [-0.2, 0) is 11.3 Å². The number of aliphatic hydroxyl groups excluding tert-OH is 1. The van der Waals surface area contributed by atoms with Crippen molar-refractivity contribution in [3.8, 4) is 5.75 Å². The fourth-order valence-corrected chi connectivity index (χ4v) is 4.49. The number of aliphatic imine (C=N–C) groups is 1. The molecule has 0 aromatic carbocycles. The van der Waals surface area contributed by atoms with E-state index in [4.69, 9.17) is 21.1 Å². The number of aryl methyl sites for hydroxylation is 1. The van der Waals surface area contributed by atoms with Crippen LogP contribution in [0.4, 0.5) is 8.78 Å². The molecule has 0 amide bonds. The number of halogens is 3. The summed E-state index contributed by atoms with van der Waals surface area (Å²) in [5, 5.41) is 9.64. The van der Waals surface area contributed by atoms with Crippen molar-refractivity contribution in [1.29, 1.82) is 0 Å². The molecule has 222 valence electrons. The first-order chi connectivity index (χ1) is 20.1. The van der Waals surface area contributed by atoms with Crippen molar-refractivity contribution in [3.63, 3.8) is 0 Å². The molecular formula is C30H31ClF2N4O5. The molecule has 3 aromatic rings. The molecule has 1 atom stereocenters. The first-order valence-corrected chi connectivity index (χ1v) is 13.7. The van der Waals surface area contributed by atoms with Gasteiger partial charge in [0.25, 0.3) is 11.1 Å². The summed E-state index contributed by atoms with van der Waals surface area (Å²) in [6, 6.07) is 5.73. The minimum absolute atomic E-state index is 0.000828. The fourth-order valence-electron chi connectivity index (χ4n) is 4.29. The van der Waals surface area contributed by atoms with Gasteiger partial charge in [0.05, 0.1) is 12.3 Å². The van der Waals surface area contributed by atoms with Crippen molar-refractivity contribution in [3.05, 3.63) is 109 Å². The van der Waals surface area contributed by atoms with Gasteiger partial charge in [-0.1, -0.05) is 17.7 Å². The van der Waals surface area contributed by atoms with Crippen LogP contribution in [0.3, 0.4) is 0 Å². The lowest BCUT2D eigenvalue weighted by atomic mass is 9.93. The third kappa shape index (κ3) is 7.28. The van der Waals surface area contributed by atoms with Crippen molar-refractivity contribution < 1.29 is 23.4 Å². The summed E-state index contributed by atoms with van der Waals surface area (Å²) in [7, 11) is 0. The second-order valence-corrected chi connectivity index (χ2v) is 10.3. The molecule has 42 heavy (non-hydrogen) atoms. The number of aliphatic hydroxyl groups is 1. The maximum Gasteiger partial charge on any atom is 0.277 e. The summed E-state index contributed by atoms with van der Waals surface area (Å²) >= 11 is 6.30. The van der Waals surface area contributed by atoms with E-state index in [0.717, 1.165) is 19.0 Å². The Hall–Kier alpha value is -3.93. The van der Waals surface area contributed by atoms with Crippen LogP contribution in [0.1, 0.15) is 49.6 Å². The fraction of sp³-hybridized carbons (Fsp3) is 0.333. The topological polar surface area (TPSA) is 108 Å². The predicted molar refractivity (Wildman–Crippen MR) is 156 cm³/mol. The number of ether oxygens (including phenoxy) is 2. The van der Waals surface area contributed by atoms with Crippen LogP contribution in [0.25, 0.3) is 6.20 Å². The van der Waals surface area contributed by atoms with Gasteiger partial charge in [0.2, 0.25) is 0 Å². The van der Waals surface area contributed by atoms with Crippen LogP contribution < -0.4 is 15.9 Å². The van der Waals surface area contributed by atoms with E-state index in [1.807, 2.05) is 0 Å². The quantitative estimate of drug-likeness (QED) is 0.293. The van der Waals surface area contributed by atoms with E-state index < -0.39 is 23.3 Å². The number of nitrogens with zero attached hydrogens (tertiary/aromatic N) is 4. The van der Waals surface area contributed by atoms with Crippen LogP contribution in [0.15, 0.2) is 69.1 Å². The third-order valence-electron chi connectivity index (χ3n) is 6.91. The van der Waals surface area contributed by atoms with Crippen molar-refractivity contribution in [2.75, 3.05) is 13.2 Å². The summed E-state index contributed by atoms with van der Waals surface area (Å²) in [5.74, 6) is -1.46. The smallest absolute Gasteiger partial charge is 0.277 e. The molecule has 0 aliphatic carbocycles. The summed E-state index contributed by atoms with van der Waals surface area (Å²) in [6.07, 6.45) is 7.53. The van der Waals surface area contributed by atoms with E-state index in [9.17, 15) is 23.5 Å². The molecule has 1 N–H and O–H groups in total. The van der Waals surface area contributed by atoms with Gasteiger partial charge in [0, 0.05) is 55.2 Å². The molecule has 0 saturated carbocycles. The van der Waals surface area contributed by atoms with Gasteiger partial charge in [-0.05, 0) is 57.2 Å². The van der Waals surface area contributed by atoms with Crippen molar-refractivity contribution in [1.82, 2.24) is 14.1 Å². The Morgan fingerprint density at radius 3 is 2.71 bits per heavy atom. The molecule has 4 heterocycles. The maximum absolute atomic E-state index is 14.0. The Morgan fingerprint density at radius 1 is 1.29 bits per heavy atom. The van der Waals surface area contributed by atoms with E-state index in [2.05, 4.69) is 9.98 Å². The monoisotopic (exact) mass is 600 g/mol. The molecule has 1 aliphatic heterocycles. The highest BCUT2D eigenvalue weighted by molar-refractivity contribution is 6.31. The van der Waals surface area contributed by atoms with Crippen LogP contribution >= 0.6 is 11.6 Å². The first-order valence-electron chi connectivity index (χ1n) is 13.3. The molecule has 1 aliphatic rings. The zero-order chi connectivity index (χ0) is 30.4. The van der Waals surface area contributed by atoms with Crippen LogP contribution in [0, 0.1) is 18.6 Å². The lowest BCUT2D eigenvalue weighted by Gasteiger charge is -2.22. The molecule has 9 nitrogen and oxygen atoms in total. The average Bonchev–Trinajstić information content (AvgIpc) is 2.97. The standard InChI is InChI=1S/C30H31ClF2N4O5/c1-18(20(3)38)15-35-27(37-9-4-5-23(29(37)39)21-7-11-41-12-8-21)6-10-36-19(2)13-26(28(31)30(36)40)42-17-25-24(33)14-22(32)16-34-25/h4-6,9-10,13-16,20-21,38H,7-8,11-12,17H2,1-3H3/b10-6+,18-15-,35-27+/t20-/m0/s1. The minimum atomic E-state index is -0.887. The molecule has 12 heteroatoms. The Bertz CT molecular complexity index is 1660. The SMILES string of the molecule is C/C(=C/N=C(\C=C\n1c(C)cc(OCc2ncc(F)cc2F)c(Cl)c1=O)n1cccc(C2CCOCC2)c1=O)[C@H](C)O. The molecule has 4 rings (SSSR count). The van der Waals surface area contributed by atoms with Gasteiger partial charge in [-0.2, -0.15) is 0 Å². The highest BCUT2D eigenvalue weighted by Gasteiger charge is 2.20. The summed E-state index contributed by atoms with van der Waals surface area (Å²) < 4.78 is 40.7. The van der Waals surface area contributed by atoms with Gasteiger partial charge in [-0.3, -0.25) is 23.7 Å². The highest BCUT2D eigenvalue weighted by Crippen LogP contribution is 2.25. The van der Waals surface area contributed by atoms with Gasteiger partial charge in [-0.15, -0.1) is 0 Å². The van der Waals surface area contributed by atoms with E-state index >= 15 is 0 Å². The molecule has 0 radical (unpaired) electrons. The summed E-state index contributed by atoms with van der Waals surface area (Å²) in [4.78, 5) is 34.8. The Balaban J connectivity index is 1.69. The van der Waals surface area contributed by atoms with Crippen molar-refractivity contribution >= 4 is 23.6 Å². The van der Waals surface area contributed by atoms with Gasteiger partial charge >= 0.3 is 0 Å². The van der Waals surface area contributed by atoms with Crippen LogP contribution in [-0.4, -0.2) is 44.4 Å².